The second kappa shape index (κ2) is 6.05. The SMILES string of the molecule is Cc1ccc(CNc2ccc([N+](=O)[O-])c(Br)c2)cc1C. The summed E-state index contributed by atoms with van der Waals surface area (Å²) in [6, 6.07) is 11.2. The fourth-order valence-electron chi connectivity index (χ4n) is 1.88. The molecule has 1 N–H and O–H groups in total. The molecule has 0 aromatic heterocycles. The second-order valence-electron chi connectivity index (χ2n) is 4.70. The van der Waals surface area contributed by atoms with Gasteiger partial charge in [-0.1, -0.05) is 18.2 Å². The zero-order valence-electron chi connectivity index (χ0n) is 11.3. The second-order valence-corrected chi connectivity index (χ2v) is 5.55. The van der Waals surface area contributed by atoms with E-state index in [1.165, 1.54) is 22.8 Å². The number of rotatable bonds is 4. The van der Waals surface area contributed by atoms with Crippen LogP contribution < -0.4 is 5.32 Å². The van der Waals surface area contributed by atoms with Crippen molar-refractivity contribution in [2.24, 2.45) is 0 Å². The van der Waals surface area contributed by atoms with Crippen molar-refractivity contribution < 1.29 is 4.92 Å². The third kappa shape index (κ3) is 3.36. The van der Waals surface area contributed by atoms with Crippen LogP contribution in [0, 0.1) is 24.0 Å². The maximum absolute atomic E-state index is 10.7. The first kappa shape index (κ1) is 14.5. The summed E-state index contributed by atoms with van der Waals surface area (Å²) in [6.45, 7) is 4.85. The molecule has 0 unspecified atom stereocenters. The van der Waals surface area contributed by atoms with Gasteiger partial charge in [0.1, 0.15) is 0 Å². The van der Waals surface area contributed by atoms with Crippen LogP contribution in [0.1, 0.15) is 16.7 Å². The molecule has 0 amide bonds. The highest BCUT2D eigenvalue weighted by molar-refractivity contribution is 9.10. The highest BCUT2D eigenvalue weighted by atomic mass is 79.9. The Morgan fingerprint density at radius 3 is 2.50 bits per heavy atom. The smallest absolute Gasteiger partial charge is 0.283 e. The molecule has 0 fully saturated rings. The number of aryl methyl sites for hydroxylation is 2. The van der Waals surface area contributed by atoms with Gasteiger partial charge in [0, 0.05) is 18.3 Å². The Morgan fingerprint density at radius 2 is 1.90 bits per heavy atom. The summed E-state index contributed by atoms with van der Waals surface area (Å²) in [5, 5.41) is 14.0. The molecule has 5 heteroatoms. The van der Waals surface area contributed by atoms with Gasteiger partial charge in [-0.15, -0.1) is 0 Å². The van der Waals surface area contributed by atoms with Crippen LogP contribution in [0.4, 0.5) is 11.4 Å². The zero-order chi connectivity index (χ0) is 14.7. The normalized spacial score (nSPS) is 10.3. The summed E-state index contributed by atoms with van der Waals surface area (Å²) in [6.07, 6.45) is 0. The summed E-state index contributed by atoms with van der Waals surface area (Å²) in [5.41, 5.74) is 4.63. The van der Waals surface area contributed by atoms with Crippen LogP contribution in [0.15, 0.2) is 40.9 Å². The lowest BCUT2D eigenvalue weighted by Crippen LogP contribution is -2.00. The number of nitro benzene ring substituents is 1. The van der Waals surface area contributed by atoms with E-state index in [2.05, 4.69) is 53.3 Å². The molecule has 104 valence electrons. The molecule has 0 radical (unpaired) electrons. The van der Waals surface area contributed by atoms with E-state index in [9.17, 15) is 10.1 Å². The highest BCUT2D eigenvalue weighted by Crippen LogP contribution is 2.27. The Kier molecular flexibility index (Phi) is 4.39. The molecule has 0 spiro atoms. The predicted octanol–water partition coefficient (Wildman–Crippen LogP) is 4.59. The molecule has 0 saturated carbocycles. The van der Waals surface area contributed by atoms with Crippen molar-refractivity contribution in [3.8, 4) is 0 Å². The van der Waals surface area contributed by atoms with Crippen molar-refractivity contribution in [1.82, 2.24) is 0 Å². The van der Waals surface area contributed by atoms with Crippen molar-refractivity contribution in [2.45, 2.75) is 20.4 Å². The fourth-order valence-corrected chi connectivity index (χ4v) is 2.41. The van der Waals surface area contributed by atoms with Crippen LogP contribution in [-0.2, 0) is 6.54 Å². The molecular weight excluding hydrogens is 320 g/mol. The van der Waals surface area contributed by atoms with Gasteiger partial charge in [-0.25, -0.2) is 0 Å². The summed E-state index contributed by atoms with van der Waals surface area (Å²) in [4.78, 5) is 10.3. The van der Waals surface area contributed by atoms with Crippen molar-refractivity contribution >= 4 is 27.3 Å². The fraction of sp³-hybridized carbons (Fsp3) is 0.200. The van der Waals surface area contributed by atoms with E-state index in [1.54, 1.807) is 12.1 Å². The highest BCUT2D eigenvalue weighted by Gasteiger charge is 2.11. The molecule has 0 atom stereocenters. The first-order valence-electron chi connectivity index (χ1n) is 6.21. The number of nitro groups is 1. The molecule has 0 saturated heterocycles. The third-order valence-corrected chi connectivity index (χ3v) is 3.85. The first-order valence-corrected chi connectivity index (χ1v) is 7.00. The van der Waals surface area contributed by atoms with E-state index in [1.807, 2.05) is 0 Å². The Morgan fingerprint density at radius 1 is 1.15 bits per heavy atom. The topological polar surface area (TPSA) is 55.2 Å². The first-order chi connectivity index (χ1) is 9.47. The number of hydrogen-bond acceptors (Lipinski definition) is 3. The van der Waals surface area contributed by atoms with Crippen molar-refractivity contribution in [2.75, 3.05) is 5.32 Å². The molecule has 2 aromatic carbocycles. The van der Waals surface area contributed by atoms with E-state index in [0.717, 1.165) is 5.69 Å². The third-order valence-electron chi connectivity index (χ3n) is 3.21. The van der Waals surface area contributed by atoms with Crippen molar-refractivity contribution in [1.29, 1.82) is 0 Å². The number of hydrogen-bond donors (Lipinski definition) is 1. The molecule has 2 aromatic rings. The largest absolute Gasteiger partial charge is 0.381 e. The van der Waals surface area contributed by atoms with E-state index in [0.29, 0.717) is 11.0 Å². The Balaban J connectivity index is 2.09. The Hall–Kier alpha value is -1.88. The molecule has 0 bridgehead atoms. The lowest BCUT2D eigenvalue weighted by atomic mass is 10.1. The minimum atomic E-state index is -0.406. The van der Waals surface area contributed by atoms with Crippen LogP contribution >= 0.6 is 15.9 Å². The van der Waals surface area contributed by atoms with Crippen LogP contribution in [0.2, 0.25) is 0 Å². The van der Waals surface area contributed by atoms with Crippen LogP contribution in [0.3, 0.4) is 0 Å². The number of benzene rings is 2. The molecule has 4 nitrogen and oxygen atoms in total. The Labute approximate surface area is 126 Å². The van der Waals surface area contributed by atoms with E-state index < -0.39 is 4.92 Å². The minimum Gasteiger partial charge on any atom is -0.381 e. The van der Waals surface area contributed by atoms with Gasteiger partial charge in [0.25, 0.3) is 5.69 Å². The average molecular weight is 335 g/mol. The summed E-state index contributed by atoms with van der Waals surface area (Å²) in [5.74, 6) is 0. The van der Waals surface area contributed by atoms with Gasteiger partial charge in [-0.05, 0) is 58.6 Å². The summed E-state index contributed by atoms with van der Waals surface area (Å²) >= 11 is 3.21. The van der Waals surface area contributed by atoms with Gasteiger partial charge in [-0.3, -0.25) is 10.1 Å². The quantitative estimate of drug-likeness (QED) is 0.657. The molecule has 0 heterocycles. The molecule has 0 aliphatic carbocycles. The van der Waals surface area contributed by atoms with Gasteiger partial charge in [0.05, 0.1) is 9.40 Å². The molecule has 0 aliphatic rings. The number of anilines is 1. The van der Waals surface area contributed by atoms with Crippen LogP contribution in [-0.4, -0.2) is 4.92 Å². The number of halogens is 1. The minimum absolute atomic E-state index is 0.0710. The molecule has 2 rings (SSSR count). The van der Waals surface area contributed by atoms with Crippen molar-refractivity contribution in [3.05, 3.63) is 67.7 Å². The van der Waals surface area contributed by atoms with Crippen molar-refractivity contribution in [3.63, 3.8) is 0 Å². The van der Waals surface area contributed by atoms with Gasteiger partial charge in [0.15, 0.2) is 0 Å². The van der Waals surface area contributed by atoms with Crippen LogP contribution in [0.5, 0.6) is 0 Å². The van der Waals surface area contributed by atoms with E-state index in [4.69, 9.17) is 0 Å². The lowest BCUT2D eigenvalue weighted by Gasteiger charge is -2.09. The predicted molar refractivity (Wildman–Crippen MR) is 84.0 cm³/mol. The van der Waals surface area contributed by atoms with Gasteiger partial charge < -0.3 is 5.32 Å². The maximum atomic E-state index is 10.7. The number of nitrogens with one attached hydrogen (secondary N) is 1. The maximum Gasteiger partial charge on any atom is 0.283 e. The lowest BCUT2D eigenvalue weighted by molar-refractivity contribution is -0.385. The van der Waals surface area contributed by atoms with E-state index in [-0.39, 0.29) is 5.69 Å². The zero-order valence-corrected chi connectivity index (χ0v) is 12.9. The summed E-state index contributed by atoms with van der Waals surface area (Å²) in [7, 11) is 0. The monoisotopic (exact) mass is 334 g/mol. The van der Waals surface area contributed by atoms with Gasteiger partial charge in [0.2, 0.25) is 0 Å². The van der Waals surface area contributed by atoms with E-state index >= 15 is 0 Å². The Bertz CT molecular complexity index is 656. The van der Waals surface area contributed by atoms with Gasteiger partial charge in [-0.2, -0.15) is 0 Å². The van der Waals surface area contributed by atoms with Gasteiger partial charge >= 0.3 is 0 Å². The van der Waals surface area contributed by atoms with Crippen LogP contribution in [0.25, 0.3) is 0 Å². The molecular formula is C15H15BrN2O2. The molecule has 20 heavy (non-hydrogen) atoms. The average Bonchev–Trinajstić information content (AvgIpc) is 2.40. The molecule has 0 aliphatic heterocycles. The number of nitrogens with zero attached hydrogens (tertiary/aromatic N) is 1. The standard InChI is InChI=1S/C15H15BrN2O2/c1-10-3-4-12(7-11(10)2)9-17-13-5-6-15(18(19)20)14(16)8-13/h3-8,17H,9H2,1-2H3. The summed E-state index contributed by atoms with van der Waals surface area (Å²) < 4.78 is 0.479.